The number of hydrogen-bond acceptors (Lipinski definition) is 4. The van der Waals surface area contributed by atoms with Crippen molar-refractivity contribution in [2.75, 3.05) is 19.0 Å². The van der Waals surface area contributed by atoms with Crippen molar-refractivity contribution in [1.82, 2.24) is 10.7 Å². The van der Waals surface area contributed by atoms with E-state index in [2.05, 4.69) is 22.8 Å². The van der Waals surface area contributed by atoms with E-state index in [1.165, 1.54) is 5.56 Å². The monoisotopic (exact) mass is 454 g/mol. The highest BCUT2D eigenvalue weighted by Crippen LogP contribution is 2.15. The molecular formula is C28H30N4O2. The molecule has 0 radical (unpaired) electrons. The second kappa shape index (κ2) is 11.6. The summed E-state index contributed by atoms with van der Waals surface area (Å²) in [4.78, 5) is 27.7. The molecule has 0 aliphatic carbocycles. The van der Waals surface area contributed by atoms with Gasteiger partial charge in [0, 0.05) is 25.3 Å². The van der Waals surface area contributed by atoms with Crippen molar-refractivity contribution < 1.29 is 9.59 Å². The molecule has 0 fully saturated rings. The van der Waals surface area contributed by atoms with Gasteiger partial charge in [0.25, 0.3) is 11.8 Å². The number of aryl methyl sites for hydroxylation is 1. The molecule has 2 N–H and O–H groups in total. The summed E-state index contributed by atoms with van der Waals surface area (Å²) in [5.41, 5.74) is 7.75. The molecule has 0 aliphatic heterocycles. The standard InChI is InChI=1S/C28H30N4O2/c1-5-21-11-15-23(16-12-21)20(2)30-31-28(34)26(29-27(33)24-9-7-6-8-10-24)19-22-13-17-25(18-14-22)32(3)4/h6-19H,5H2,1-4H3,(H,29,33)(H,31,34)/b26-19-,30-20+. The largest absolute Gasteiger partial charge is 0.378 e. The van der Waals surface area contributed by atoms with Crippen LogP contribution in [0.5, 0.6) is 0 Å². The second-order valence-corrected chi connectivity index (χ2v) is 8.05. The Morgan fingerprint density at radius 1 is 0.882 bits per heavy atom. The van der Waals surface area contributed by atoms with Crippen molar-refractivity contribution in [2.45, 2.75) is 20.3 Å². The highest BCUT2D eigenvalue weighted by atomic mass is 16.2. The van der Waals surface area contributed by atoms with Crippen molar-refractivity contribution in [3.8, 4) is 0 Å². The van der Waals surface area contributed by atoms with E-state index < -0.39 is 5.91 Å². The summed E-state index contributed by atoms with van der Waals surface area (Å²) in [7, 11) is 3.92. The lowest BCUT2D eigenvalue weighted by Gasteiger charge is -2.13. The second-order valence-electron chi connectivity index (χ2n) is 8.05. The topological polar surface area (TPSA) is 73.8 Å². The van der Waals surface area contributed by atoms with Crippen LogP contribution >= 0.6 is 0 Å². The van der Waals surface area contributed by atoms with Gasteiger partial charge in [0.1, 0.15) is 5.70 Å². The number of nitrogens with one attached hydrogen (secondary N) is 2. The van der Waals surface area contributed by atoms with Gasteiger partial charge in [-0.05, 0) is 60.4 Å². The Hall–Kier alpha value is -4.19. The van der Waals surface area contributed by atoms with Gasteiger partial charge in [-0.15, -0.1) is 0 Å². The van der Waals surface area contributed by atoms with Gasteiger partial charge in [0.15, 0.2) is 0 Å². The highest BCUT2D eigenvalue weighted by Gasteiger charge is 2.15. The van der Waals surface area contributed by atoms with E-state index >= 15 is 0 Å². The molecule has 0 aliphatic rings. The summed E-state index contributed by atoms with van der Waals surface area (Å²) in [6.45, 7) is 3.93. The summed E-state index contributed by atoms with van der Waals surface area (Å²) in [5, 5.41) is 6.98. The van der Waals surface area contributed by atoms with Crippen molar-refractivity contribution in [1.29, 1.82) is 0 Å². The molecule has 0 spiro atoms. The number of rotatable bonds is 8. The summed E-state index contributed by atoms with van der Waals surface area (Å²) >= 11 is 0. The zero-order chi connectivity index (χ0) is 24.5. The molecule has 0 unspecified atom stereocenters. The first-order chi connectivity index (χ1) is 16.4. The molecular weight excluding hydrogens is 424 g/mol. The Bertz CT molecular complexity index is 1180. The Morgan fingerprint density at radius 2 is 1.53 bits per heavy atom. The number of nitrogens with zero attached hydrogens (tertiary/aromatic N) is 2. The molecule has 0 saturated heterocycles. The van der Waals surface area contributed by atoms with Gasteiger partial charge in [-0.1, -0.05) is 61.5 Å². The molecule has 3 aromatic rings. The summed E-state index contributed by atoms with van der Waals surface area (Å²) < 4.78 is 0. The molecule has 3 rings (SSSR count). The fourth-order valence-corrected chi connectivity index (χ4v) is 3.22. The van der Waals surface area contributed by atoms with Gasteiger partial charge in [-0.2, -0.15) is 5.10 Å². The first-order valence-corrected chi connectivity index (χ1v) is 11.2. The number of anilines is 1. The first kappa shape index (κ1) is 24.5. The quantitative estimate of drug-likeness (QED) is 0.296. The fourth-order valence-electron chi connectivity index (χ4n) is 3.22. The molecule has 0 aromatic heterocycles. The number of carbonyl (C=O) groups excluding carboxylic acids is 2. The number of benzene rings is 3. The lowest BCUT2D eigenvalue weighted by Crippen LogP contribution is -2.33. The maximum Gasteiger partial charge on any atom is 0.287 e. The fraction of sp³-hybridized carbons (Fsp3) is 0.179. The predicted octanol–water partition coefficient (Wildman–Crippen LogP) is 4.63. The number of amides is 2. The molecule has 6 nitrogen and oxygen atoms in total. The average molecular weight is 455 g/mol. The zero-order valence-electron chi connectivity index (χ0n) is 20.0. The Kier molecular flexibility index (Phi) is 8.35. The van der Waals surface area contributed by atoms with Crippen LogP contribution in [0.25, 0.3) is 6.08 Å². The summed E-state index contributed by atoms with van der Waals surface area (Å²) in [6.07, 6.45) is 2.59. The number of carbonyl (C=O) groups is 2. The van der Waals surface area contributed by atoms with E-state index in [-0.39, 0.29) is 11.6 Å². The minimum atomic E-state index is -0.509. The van der Waals surface area contributed by atoms with Crippen LogP contribution in [0.2, 0.25) is 0 Å². The van der Waals surface area contributed by atoms with Crippen LogP contribution < -0.4 is 15.6 Å². The van der Waals surface area contributed by atoms with Gasteiger partial charge >= 0.3 is 0 Å². The first-order valence-electron chi connectivity index (χ1n) is 11.2. The SMILES string of the molecule is CCc1ccc(/C(C)=N/NC(=O)/C(=C/c2ccc(N(C)C)cc2)NC(=O)c2ccccc2)cc1. The highest BCUT2D eigenvalue weighted by molar-refractivity contribution is 6.06. The number of hydrogen-bond donors (Lipinski definition) is 2. The van der Waals surface area contributed by atoms with Crippen LogP contribution in [0.3, 0.4) is 0 Å². The van der Waals surface area contributed by atoms with Crippen molar-refractivity contribution in [2.24, 2.45) is 5.10 Å². The molecule has 2 amide bonds. The molecule has 174 valence electrons. The molecule has 3 aromatic carbocycles. The lowest BCUT2D eigenvalue weighted by molar-refractivity contribution is -0.117. The van der Waals surface area contributed by atoms with E-state index in [4.69, 9.17) is 0 Å². The van der Waals surface area contributed by atoms with Crippen molar-refractivity contribution in [3.05, 3.63) is 107 Å². The van der Waals surface area contributed by atoms with Crippen molar-refractivity contribution in [3.63, 3.8) is 0 Å². The van der Waals surface area contributed by atoms with Gasteiger partial charge in [-0.25, -0.2) is 5.43 Å². The Labute approximate surface area is 201 Å². The number of hydrazone groups is 1. The molecule has 0 saturated carbocycles. The summed E-state index contributed by atoms with van der Waals surface area (Å²) in [5.74, 6) is -0.881. The predicted molar refractivity (Wildman–Crippen MR) is 139 cm³/mol. The molecule has 6 heteroatoms. The molecule has 0 heterocycles. The van der Waals surface area contributed by atoms with E-state index in [9.17, 15) is 9.59 Å². The smallest absolute Gasteiger partial charge is 0.287 e. The van der Waals surface area contributed by atoms with E-state index in [1.807, 2.05) is 80.5 Å². The van der Waals surface area contributed by atoms with Crippen molar-refractivity contribution >= 4 is 29.3 Å². The van der Waals surface area contributed by atoms with Crippen LogP contribution in [0.1, 0.15) is 40.9 Å². The van der Waals surface area contributed by atoms with Gasteiger partial charge in [0.2, 0.25) is 0 Å². The van der Waals surface area contributed by atoms with Crippen LogP contribution in [0, 0.1) is 0 Å². The molecule has 0 bridgehead atoms. The average Bonchev–Trinajstić information content (AvgIpc) is 2.87. The van der Waals surface area contributed by atoms with Crippen LogP contribution in [-0.4, -0.2) is 31.6 Å². The van der Waals surface area contributed by atoms with E-state index in [0.717, 1.165) is 23.2 Å². The molecule has 34 heavy (non-hydrogen) atoms. The van der Waals surface area contributed by atoms with Crippen LogP contribution in [0.15, 0.2) is 89.7 Å². The Morgan fingerprint density at radius 3 is 2.12 bits per heavy atom. The minimum Gasteiger partial charge on any atom is -0.378 e. The minimum absolute atomic E-state index is 0.101. The maximum absolute atomic E-state index is 13.0. The lowest BCUT2D eigenvalue weighted by atomic mass is 10.1. The van der Waals surface area contributed by atoms with Gasteiger partial charge < -0.3 is 10.2 Å². The normalized spacial score (nSPS) is 11.6. The van der Waals surface area contributed by atoms with E-state index in [1.54, 1.807) is 30.3 Å². The van der Waals surface area contributed by atoms with Crippen LogP contribution in [-0.2, 0) is 11.2 Å². The zero-order valence-corrected chi connectivity index (χ0v) is 20.0. The third-order valence-electron chi connectivity index (χ3n) is 5.35. The third kappa shape index (κ3) is 6.65. The Balaban J connectivity index is 1.83. The third-order valence-corrected chi connectivity index (χ3v) is 5.35. The maximum atomic E-state index is 13.0. The van der Waals surface area contributed by atoms with Gasteiger partial charge in [0.05, 0.1) is 5.71 Å². The van der Waals surface area contributed by atoms with Gasteiger partial charge in [-0.3, -0.25) is 9.59 Å². The van der Waals surface area contributed by atoms with Crippen LogP contribution in [0.4, 0.5) is 5.69 Å². The van der Waals surface area contributed by atoms with E-state index in [0.29, 0.717) is 11.3 Å². The molecule has 0 atom stereocenters. The summed E-state index contributed by atoms with van der Waals surface area (Å²) in [6, 6.07) is 24.5.